The highest BCUT2D eigenvalue weighted by Crippen LogP contribution is 2.35. The molecule has 0 saturated carbocycles. The van der Waals surface area contributed by atoms with Crippen molar-refractivity contribution in [1.82, 2.24) is 0 Å². The van der Waals surface area contributed by atoms with Crippen LogP contribution in [0.2, 0.25) is 0 Å². The quantitative estimate of drug-likeness (QED) is 0.281. The maximum atomic E-state index is 5.13. The third kappa shape index (κ3) is 6.89. The van der Waals surface area contributed by atoms with Crippen molar-refractivity contribution in [2.75, 3.05) is 0 Å². The molecule has 0 aliphatic heterocycles. The number of allylic oxidation sites excluding steroid dienone is 4. The predicted octanol–water partition coefficient (Wildman–Crippen LogP) is 9.19. The number of nitrogens with zero attached hydrogens (tertiary/aromatic N) is 2. The van der Waals surface area contributed by atoms with Gasteiger partial charge in [-0.2, -0.15) is 0 Å². The van der Waals surface area contributed by atoms with Gasteiger partial charge in [0.25, 0.3) is 0 Å². The van der Waals surface area contributed by atoms with Crippen molar-refractivity contribution in [2.24, 2.45) is 21.8 Å². The van der Waals surface area contributed by atoms with Crippen LogP contribution in [0.4, 0.5) is 5.69 Å². The van der Waals surface area contributed by atoms with Crippen LogP contribution in [0.1, 0.15) is 99.1 Å². The first kappa shape index (κ1) is 26.8. The molecule has 0 amide bonds. The normalized spacial score (nSPS) is 14.7. The van der Waals surface area contributed by atoms with E-state index in [2.05, 4.69) is 107 Å². The minimum absolute atomic E-state index is 0.351. The zero-order valence-electron chi connectivity index (χ0n) is 21.8. The van der Waals surface area contributed by atoms with Crippen molar-refractivity contribution in [3.63, 3.8) is 0 Å². The Morgan fingerprint density at radius 3 is 1.71 bits per heavy atom. The van der Waals surface area contributed by atoms with Crippen LogP contribution < -0.4 is 0 Å². The summed E-state index contributed by atoms with van der Waals surface area (Å²) < 4.78 is 0. The Kier molecular flexibility index (Phi) is 10.4. The van der Waals surface area contributed by atoms with E-state index in [1.165, 1.54) is 22.3 Å². The first-order chi connectivity index (χ1) is 14.5. The Morgan fingerprint density at radius 1 is 0.839 bits per heavy atom. The summed E-state index contributed by atoms with van der Waals surface area (Å²) in [6, 6.07) is 6.55. The second kappa shape index (κ2) is 12.0. The first-order valence-electron chi connectivity index (χ1n) is 11.7. The average Bonchev–Trinajstić information content (AvgIpc) is 2.67. The highest BCUT2D eigenvalue weighted by Gasteiger charge is 2.17. The van der Waals surface area contributed by atoms with E-state index >= 15 is 0 Å². The number of hydrogen-bond acceptors (Lipinski definition) is 2. The van der Waals surface area contributed by atoms with Gasteiger partial charge in [0.05, 0.1) is 22.8 Å². The molecule has 31 heavy (non-hydrogen) atoms. The molecule has 0 N–H and O–H groups in total. The fourth-order valence-electron chi connectivity index (χ4n) is 3.78. The lowest BCUT2D eigenvalue weighted by atomic mass is 9.91. The number of aliphatic imine (C=N–C) groups is 2. The molecule has 170 valence electrons. The summed E-state index contributed by atoms with van der Waals surface area (Å²) in [5, 5.41) is 0. The van der Waals surface area contributed by atoms with Gasteiger partial charge in [0, 0.05) is 0 Å². The molecule has 0 heterocycles. The summed E-state index contributed by atoms with van der Waals surface area (Å²) in [6.45, 7) is 28.1. The van der Waals surface area contributed by atoms with E-state index in [-0.39, 0.29) is 0 Å². The number of hydrogen-bond donors (Lipinski definition) is 0. The van der Waals surface area contributed by atoms with Gasteiger partial charge in [-0.15, -0.1) is 0 Å². The number of rotatable bonds is 9. The molecule has 1 aromatic rings. The summed E-state index contributed by atoms with van der Waals surface area (Å²) in [5.41, 5.74) is 9.06. The Bertz CT molecular complexity index is 861. The summed E-state index contributed by atoms with van der Waals surface area (Å²) in [4.78, 5) is 10.3. The topological polar surface area (TPSA) is 24.7 Å². The van der Waals surface area contributed by atoms with E-state index in [4.69, 9.17) is 9.98 Å². The monoisotopic (exact) mass is 420 g/mol. The molecular formula is C29H44N2. The number of benzene rings is 1. The lowest BCUT2D eigenvalue weighted by Gasteiger charge is -2.19. The van der Waals surface area contributed by atoms with Gasteiger partial charge in [0.15, 0.2) is 0 Å². The van der Waals surface area contributed by atoms with E-state index in [1.807, 2.05) is 6.08 Å². The van der Waals surface area contributed by atoms with E-state index < -0.39 is 0 Å². The van der Waals surface area contributed by atoms with Gasteiger partial charge >= 0.3 is 0 Å². The lowest BCUT2D eigenvalue weighted by Crippen LogP contribution is -2.10. The van der Waals surface area contributed by atoms with Gasteiger partial charge in [-0.25, -0.2) is 0 Å². The minimum atomic E-state index is 0.351. The highest BCUT2D eigenvalue weighted by atomic mass is 14.8. The third-order valence-electron chi connectivity index (χ3n) is 5.75. The predicted molar refractivity (Wildman–Crippen MR) is 141 cm³/mol. The molecule has 2 heteroatoms. The van der Waals surface area contributed by atoms with Crippen LogP contribution in [0.3, 0.4) is 0 Å². The molecule has 0 bridgehead atoms. The summed E-state index contributed by atoms with van der Waals surface area (Å²) in [7, 11) is 0. The molecule has 0 aliphatic rings. The molecule has 0 atom stereocenters. The van der Waals surface area contributed by atoms with Gasteiger partial charge in [-0.05, 0) is 66.7 Å². The average molecular weight is 421 g/mol. The van der Waals surface area contributed by atoms with Gasteiger partial charge in [-0.3, -0.25) is 9.98 Å². The Morgan fingerprint density at radius 2 is 1.35 bits per heavy atom. The van der Waals surface area contributed by atoms with E-state index in [9.17, 15) is 0 Å². The first-order valence-corrected chi connectivity index (χ1v) is 11.7. The Balaban J connectivity index is 3.72. The summed E-state index contributed by atoms with van der Waals surface area (Å²) in [6.07, 6.45) is 4.14. The van der Waals surface area contributed by atoms with Crippen LogP contribution >= 0.6 is 0 Å². The van der Waals surface area contributed by atoms with Crippen molar-refractivity contribution in [2.45, 2.75) is 88.0 Å². The maximum absolute atomic E-state index is 5.13. The van der Waals surface area contributed by atoms with Crippen LogP contribution in [0.5, 0.6) is 0 Å². The van der Waals surface area contributed by atoms with E-state index in [0.717, 1.165) is 22.8 Å². The summed E-state index contributed by atoms with van der Waals surface area (Å²) in [5.74, 6) is 1.57. The minimum Gasteiger partial charge on any atom is -0.251 e. The van der Waals surface area contributed by atoms with Crippen LogP contribution in [0.15, 0.2) is 63.8 Å². The van der Waals surface area contributed by atoms with E-state index in [0.29, 0.717) is 23.7 Å². The van der Waals surface area contributed by atoms with Gasteiger partial charge in [-0.1, -0.05) is 92.3 Å². The van der Waals surface area contributed by atoms with Crippen LogP contribution in [0.25, 0.3) is 0 Å². The molecule has 1 rings (SSSR count). The Hall–Kier alpha value is -2.22. The van der Waals surface area contributed by atoms with E-state index in [1.54, 1.807) is 0 Å². The largest absolute Gasteiger partial charge is 0.251 e. The number of para-hydroxylation sites is 1. The lowest BCUT2D eigenvalue weighted by molar-refractivity contribution is 0.740. The van der Waals surface area contributed by atoms with Gasteiger partial charge in [0.2, 0.25) is 0 Å². The molecule has 0 aliphatic carbocycles. The molecule has 0 unspecified atom stereocenters. The third-order valence-corrected chi connectivity index (χ3v) is 5.75. The van der Waals surface area contributed by atoms with Crippen molar-refractivity contribution >= 4 is 17.1 Å². The standard InChI is InChI=1S/C29H44N2/c1-13-24(18(3)4)28(25(14-2)19(5)6)30-22(11)23(12)31-29-26(20(7)8)16-15-17-27(29)21(9)10/h13-21H,1H2,2-12H3/b25-14-,28-24-,30-22?,31-23?. The van der Waals surface area contributed by atoms with Crippen molar-refractivity contribution < 1.29 is 0 Å². The zero-order chi connectivity index (χ0) is 23.9. The summed E-state index contributed by atoms with van der Waals surface area (Å²) >= 11 is 0. The molecule has 2 nitrogen and oxygen atoms in total. The SMILES string of the molecule is C=C/C(=C(N=C(C)C(C)=Nc1c(C(C)C)cccc1C(C)C)\C(=C/C)C(C)C)C(C)C. The molecule has 0 saturated heterocycles. The molecular weight excluding hydrogens is 376 g/mol. The fourth-order valence-corrected chi connectivity index (χ4v) is 3.78. The smallest absolute Gasteiger partial charge is 0.0702 e. The molecule has 0 radical (unpaired) electrons. The maximum Gasteiger partial charge on any atom is 0.0702 e. The molecule has 1 aromatic carbocycles. The van der Waals surface area contributed by atoms with Crippen LogP contribution in [-0.2, 0) is 0 Å². The second-order valence-corrected chi connectivity index (χ2v) is 9.55. The highest BCUT2D eigenvalue weighted by molar-refractivity contribution is 6.41. The van der Waals surface area contributed by atoms with Crippen molar-refractivity contribution in [1.29, 1.82) is 0 Å². The fraction of sp³-hybridized carbons (Fsp3) is 0.517. The van der Waals surface area contributed by atoms with Crippen molar-refractivity contribution in [3.8, 4) is 0 Å². The Labute approximate surface area is 192 Å². The van der Waals surface area contributed by atoms with Crippen molar-refractivity contribution in [3.05, 3.63) is 64.9 Å². The van der Waals surface area contributed by atoms with Gasteiger partial charge in [0.1, 0.15) is 0 Å². The molecule has 0 aromatic heterocycles. The van der Waals surface area contributed by atoms with Crippen LogP contribution in [-0.4, -0.2) is 11.4 Å². The van der Waals surface area contributed by atoms with Crippen LogP contribution in [0, 0.1) is 11.8 Å². The zero-order valence-corrected chi connectivity index (χ0v) is 21.8. The second-order valence-electron chi connectivity index (χ2n) is 9.55. The van der Waals surface area contributed by atoms with Gasteiger partial charge < -0.3 is 0 Å². The molecule has 0 fully saturated rings. The molecule has 0 spiro atoms.